The van der Waals surface area contributed by atoms with Gasteiger partial charge in [0.1, 0.15) is 0 Å². The molecule has 0 aliphatic carbocycles. The van der Waals surface area contributed by atoms with Crippen molar-refractivity contribution < 1.29 is 31.7 Å². The second kappa shape index (κ2) is 6.82. The topological polar surface area (TPSA) is 72.5 Å². The van der Waals surface area contributed by atoms with Crippen molar-refractivity contribution in [2.24, 2.45) is 0 Å². The zero-order valence-corrected chi connectivity index (χ0v) is 12.4. The number of halogens is 3. The van der Waals surface area contributed by atoms with Crippen LogP contribution < -0.4 is 4.72 Å². The molecule has 0 radical (unpaired) electrons. The molecule has 0 saturated carbocycles. The van der Waals surface area contributed by atoms with E-state index in [0.29, 0.717) is 12.0 Å². The van der Waals surface area contributed by atoms with Crippen LogP contribution in [0.3, 0.4) is 0 Å². The van der Waals surface area contributed by atoms with Crippen LogP contribution in [0.1, 0.15) is 12.0 Å². The number of alkyl halides is 3. The minimum atomic E-state index is -5.14. The first kappa shape index (κ1) is 18.0. The average Bonchev–Trinajstić information content (AvgIpc) is 2.43. The van der Waals surface area contributed by atoms with Crippen LogP contribution in [0.2, 0.25) is 0 Å². The maximum Gasteiger partial charge on any atom is 0.472 e. The maximum absolute atomic E-state index is 12.2. The van der Waals surface area contributed by atoms with Crippen molar-refractivity contribution in [1.82, 2.24) is 4.72 Å². The van der Waals surface area contributed by atoms with Gasteiger partial charge in [0.25, 0.3) is 0 Å². The molecule has 1 aromatic carbocycles. The quantitative estimate of drug-likeness (QED) is 0.652. The summed E-state index contributed by atoms with van der Waals surface area (Å²) in [4.78, 5) is 21.8. The number of ether oxygens (including phenoxy) is 1. The molecule has 0 aliphatic rings. The number of rotatable bonds is 5. The van der Waals surface area contributed by atoms with Gasteiger partial charge in [-0.2, -0.15) is 13.2 Å². The SMILES string of the molecule is C=S(=O)(NC(=O)C(F)(F)F)c1ccc(CCC(=O)OC)cc1. The van der Waals surface area contributed by atoms with Gasteiger partial charge in [0.15, 0.2) is 0 Å². The molecule has 5 nitrogen and oxygen atoms in total. The summed E-state index contributed by atoms with van der Waals surface area (Å²) in [5, 5.41) is 0. The number of hydrogen-bond acceptors (Lipinski definition) is 4. The fourth-order valence-electron chi connectivity index (χ4n) is 1.49. The van der Waals surface area contributed by atoms with Gasteiger partial charge in [-0.25, -0.2) is 4.21 Å². The predicted octanol–water partition coefficient (Wildman–Crippen LogP) is 1.46. The Balaban J connectivity index is 2.81. The highest BCUT2D eigenvalue weighted by Crippen LogP contribution is 2.17. The van der Waals surface area contributed by atoms with E-state index in [2.05, 4.69) is 10.6 Å². The molecule has 1 amide bonds. The first-order chi connectivity index (χ1) is 10.1. The monoisotopic (exact) mass is 337 g/mol. The molecule has 0 fully saturated rings. The van der Waals surface area contributed by atoms with Gasteiger partial charge < -0.3 is 4.74 Å². The van der Waals surface area contributed by atoms with Crippen LogP contribution in [0.4, 0.5) is 13.2 Å². The average molecular weight is 337 g/mol. The van der Waals surface area contributed by atoms with Gasteiger partial charge in [-0.15, -0.1) is 0 Å². The summed E-state index contributed by atoms with van der Waals surface area (Å²) in [7, 11) is -2.35. The van der Waals surface area contributed by atoms with E-state index in [1.807, 2.05) is 0 Å². The van der Waals surface area contributed by atoms with E-state index in [1.54, 1.807) is 0 Å². The third kappa shape index (κ3) is 5.06. The normalized spacial score (nSPS) is 14.0. The molecule has 22 heavy (non-hydrogen) atoms. The van der Waals surface area contributed by atoms with Crippen LogP contribution in [0.5, 0.6) is 0 Å². The minimum Gasteiger partial charge on any atom is -0.469 e. The lowest BCUT2D eigenvalue weighted by Crippen LogP contribution is -2.40. The Morgan fingerprint density at radius 3 is 2.27 bits per heavy atom. The molecule has 0 spiro atoms. The van der Waals surface area contributed by atoms with E-state index in [0.717, 1.165) is 0 Å². The van der Waals surface area contributed by atoms with E-state index in [-0.39, 0.29) is 11.3 Å². The van der Waals surface area contributed by atoms with Gasteiger partial charge in [0, 0.05) is 11.3 Å². The van der Waals surface area contributed by atoms with Crippen LogP contribution in [-0.4, -0.2) is 35.2 Å². The lowest BCUT2D eigenvalue weighted by atomic mass is 10.1. The number of methoxy groups -OCH3 is 1. The van der Waals surface area contributed by atoms with E-state index in [1.165, 1.54) is 36.1 Å². The third-order valence-electron chi connectivity index (χ3n) is 2.66. The Labute approximate surface area is 125 Å². The minimum absolute atomic E-state index is 0.0491. The Bertz CT molecular complexity index is 651. The number of hydrogen-bond donors (Lipinski definition) is 1. The summed E-state index contributed by atoms with van der Waals surface area (Å²) in [5.41, 5.74) is 0.700. The number of aryl methyl sites for hydroxylation is 1. The van der Waals surface area contributed by atoms with Crippen LogP contribution in [-0.2, 0) is 30.5 Å². The summed E-state index contributed by atoms with van der Waals surface area (Å²) in [6.07, 6.45) is -4.64. The van der Waals surface area contributed by atoms with E-state index in [9.17, 15) is 27.0 Å². The van der Waals surface area contributed by atoms with Crippen molar-refractivity contribution >= 4 is 27.5 Å². The standard InChI is InChI=1S/C13H14F3NO4S/c1-21-11(18)8-5-9-3-6-10(7-4-9)22(2,20)17-12(19)13(14,15)16/h3-4,6-7H,2,5,8H2,1H3,(H,17,19,20). The summed E-state index contributed by atoms with van der Waals surface area (Å²) < 4.78 is 54.4. The second-order valence-corrected chi connectivity index (χ2v) is 6.35. The predicted molar refractivity (Wildman–Crippen MR) is 74.5 cm³/mol. The molecule has 1 unspecified atom stereocenters. The fourth-order valence-corrected chi connectivity index (χ4v) is 2.60. The number of esters is 1. The van der Waals surface area contributed by atoms with Crippen molar-refractivity contribution in [2.45, 2.75) is 23.9 Å². The summed E-state index contributed by atoms with van der Waals surface area (Å²) in [5.74, 6) is 0.415. The van der Waals surface area contributed by atoms with Gasteiger partial charge in [-0.1, -0.05) is 12.1 Å². The van der Waals surface area contributed by atoms with Crippen molar-refractivity contribution in [2.75, 3.05) is 7.11 Å². The van der Waals surface area contributed by atoms with Crippen LogP contribution >= 0.6 is 0 Å². The lowest BCUT2D eigenvalue weighted by molar-refractivity contribution is -0.171. The number of carbonyl (C=O) groups excluding carboxylic acids is 2. The molecule has 0 bridgehead atoms. The number of amides is 1. The molecule has 1 aromatic rings. The van der Waals surface area contributed by atoms with Crippen LogP contribution in [0.15, 0.2) is 29.2 Å². The zero-order valence-electron chi connectivity index (χ0n) is 11.6. The first-order valence-electron chi connectivity index (χ1n) is 5.98. The van der Waals surface area contributed by atoms with Crippen LogP contribution in [0, 0.1) is 0 Å². The van der Waals surface area contributed by atoms with E-state index >= 15 is 0 Å². The highest BCUT2D eigenvalue weighted by Gasteiger charge is 2.40. The van der Waals surface area contributed by atoms with Gasteiger partial charge in [-0.05, 0) is 30.0 Å². The Morgan fingerprint density at radius 1 is 1.27 bits per heavy atom. The highest BCUT2D eigenvalue weighted by atomic mass is 32.2. The van der Waals surface area contributed by atoms with Gasteiger partial charge >= 0.3 is 18.1 Å². The molecular formula is C13H14F3NO4S. The molecule has 1 N–H and O–H groups in total. The van der Waals surface area contributed by atoms with Crippen LogP contribution in [0.25, 0.3) is 0 Å². The molecule has 0 aromatic heterocycles. The first-order valence-corrected chi connectivity index (χ1v) is 7.71. The summed E-state index contributed by atoms with van der Waals surface area (Å²) in [6.45, 7) is 0. The molecule has 0 saturated heterocycles. The van der Waals surface area contributed by atoms with Crippen molar-refractivity contribution in [3.05, 3.63) is 29.8 Å². The van der Waals surface area contributed by atoms with Gasteiger partial charge in [-0.3, -0.25) is 14.3 Å². The van der Waals surface area contributed by atoms with Crippen molar-refractivity contribution in [3.63, 3.8) is 0 Å². The summed E-state index contributed by atoms with van der Waals surface area (Å²) in [6, 6.07) is 5.56. The molecule has 1 rings (SSSR count). The molecule has 0 aliphatic heterocycles. The van der Waals surface area contributed by atoms with E-state index in [4.69, 9.17) is 0 Å². The summed E-state index contributed by atoms with van der Waals surface area (Å²) >= 11 is 0. The number of nitrogens with one attached hydrogen (secondary N) is 1. The molecule has 0 heterocycles. The molecule has 1 atom stereocenters. The Hall–Kier alpha value is -2.03. The Kier molecular flexibility index (Phi) is 5.59. The lowest BCUT2D eigenvalue weighted by Gasteiger charge is -2.13. The second-order valence-electron chi connectivity index (χ2n) is 4.32. The smallest absolute Gasteiger partial charge is 0.469 e. The largest absolute Gasteiger partial charge is 0.472 e. The van der Waals surface area contributed by atoms with Crippen molar-refractivity contribution in [1.29, 1.82) is 0 Å². The van der Waals surface area contributed by atoms with Gasteiger partial charge in [0.2, 0.25) is 0 Å². The number of benzene rings is 1. The maximum atomic E-state index is 12.2. The van der Waals surface area contributed by atoms with Gasteiger partial charge in [0.05, 0.1) is 16.8 Å². The fraction of sp³-hybridized carbons (Fsp3) is 0.308. The molecular weight excluding hydrogens is 323 g/mol. The Morgan fingerprint density at radius 2 is 1.82 bits per heavy atom. The molecule has 9 heteroatoms. The van der Waals surface area contributed by atoms with Crippen molar-refractivity contribution in [3.8, 4) is 0 Å². The zero-order chi connectivity index (χ0) is 17.0. The third-order valence-corrected chi connectivity index (χ3v) is 4.21. The highest BCUT2D eigenvalue weighted by molar-refractivity contribution is 7.99. The van der Waals surface area contributed by atoms with E-state index < -0.39 is 27.8 Å². The molecule has 122 valence electrons. The number of carbonyl (C=O) groups is 2.